The summed E-state index contributed by atoms with van der Waals surface area (Å²) in [6.07, 6.45) is 0.975. The van der Waals surface area contributed by atoms with Crippen LogP contribution in [0.3, 0.4) is 0 Å². The van der Waals surface area contributed by atoms with E-state index in [1.165, 1.54) is 0 Å². The Morgan fingerprint density at radius 1 is 1.45 bits per heavy atom. The van der Waals surface area contributed by atoms with E-state index in [9.17, 15) is 0 Å². The molecule has 1 aromatic carbocycles. The van der Waals surface area contributed by atoms with Crippen molar-refractivity contribution in [1.29, 1.82) is 5.41 Å². The summed E-state index contributed by atoms with van der Waals surface area (Å²) in [5, 5.41) is 8.79. The molecular weight excluding hydrogens is 252 g/mol. The summed E-state index contributed by atoms with van der Waals surface area (Å²) in [6, 6.07) is 10.1. The molecule has 0 saturated carbocycles. The molecule has 2 aromatic rings. The lowest BCUT2D eigenvalue weighted by Crippen LogP contribution is -2.34. The number of ether oxygens (including phenoxy) is 1. The molecule has 1 aliphatic rings. The number of nitrogens with two attached hydrogens (primary N) is 1. The number of nitrogen functional groups attached to an aromatic ring is 1. The van der Waals surface area contributed by atoms with Crippen LogP contribution in [0.1, 0.15) is 12.0 Å². The Hall–Kier alpha value is -2.14. The van der Waals surface area contributed by atoms with Gasteiger partial charge in [-0.1, -0.05) is 18.2 Å². The van der Waals surface area contributed by atoms with Gasteiger partial charge in [0, 0.05) is 19.0 Å². The van der Waals surface area contributed by atoms with E-state index in [2.05, 4.69) is 4.90 Å². The fourth-order valence-electron chi connectivity index (χ4n) is 2.57. The molecular formula is C15H18N4O. The Labute approximate surface area is 117 Å². The highest BCUT2D eigenvalue weighted by Crippen LogP contribution is 2.25. The van der Waals surface area contributed by atoms with Crippen LogP contribution in [-0.2, 0) is 4.74 Å². The van der Waals surface area contributed by atoms with Gasteiger partial charge in [0.2, 0.25) is 0 Å². The van der Waals surface area contributed by atoms with Gasteiger partial charge in [-0.25, -0.2) is 4.98 Å². The second-order valence-corrected chi connectivity index (χ2v) is 5.09. The number of rotatable bonds is 3. The predicted octanol–water partition coefficient (Wildman–Crippen LogP) is 1.74. The van der Waals surface area contributed by atoms with E-state index >= 15 is 0 Å². The maximum atomic E-state index is 7.80. The first-order valence-corrected chi connectivity index (χ1v) is 6.71. The normalized spacial score (nSPS) is 18.4. The van der Waals surface area contributed by atoms with Crippen LogP contribution in [0.5, 0.6) is 0 Å². The molecule has 1 aromatic heterocycles. The average Bonchev–Trinajstić information content (AvgIpc) is 2.99. The minimum absolute atomic E-state index is 0.0454. The third-order valence-electron chi connectivity index (χ3n) is 3.78. The summed E-state index contributed by atoms with van der Waals surface area (Å²) in [5.74, 6) is 0.802. The fraction of sp³-hybridized carbons (Fsp3) is 0.333. The van der Waals surface area contributed by atoms with Gasteiger partial charge in [0.15, 0.2) is 0 Å². The van der Waals surface area contributed by atoms with Gasteiger partial charge in [0.05, 0.1) is 23.7 Å². The van der Waals surface area contributed by atoms with Crippen molar-refractivity contribution < 1.29 is 4.74 Å². The highest BCUT2D eigenvalue weighted by atomic mass is 16.5. The minimum Gasteiger partial charge on any atom is -0.384 e. The van der Waals surface area contributed by atoms with E-state index in [0.29, 0.717) is 18.2 Å². The lowest BCUT2D eigenvalue weighted by molar-refractivity contribution is 0.193. The van der Waals surface area contributed by atoms with Gasteiger partial charge >= 0.3 is 0 Å². The molecule has 1 aliphatic heterocycles. The van der Waals surface area contributed by atoms with E-state index in [0.717, 1.165) is 29.7 Å². The van der Waals surface area contributed by atoms with Gasteiger partial charge < -0.3 is 15.4 Å². The SMILES string of the molecule is CN(c1nc2ccccc2cc1C(=N)N)C1CCOC1. The van der Waals surface area contributed by atoms with Gasteiger partial charge in [0.25, 0.3) is 0 Å². The van der Waals surface area contributed by atoms with Crippen molar-refractivity contribution in [3.05, 3.63) is 35.9 Å². The second kappa shape index (κ2) is 5.09. The van der Waals surface area contributed by atoms with Crippen LogP contribution in [0, 0.1) is 5.41 Å². The number of nitrogens with one attached hydrogen (secondary N) is 1. The summed E-state index contributed by atoms with van der Waals surface area (Å²) in [6.45, 7) is 1.47. The molecule has 3 N–H and O–H groups in total. The molecule has 0 bridgehead atoms. The van der Waals surface area contributed by atoms with Gasteiger partial charge in [0.1, 0.15) is 11.7 Å². The second-order valence-electron chi connectivity index (χ2n) is 5.09. The lowest BCUT2D eigenvalue weighted by atomic mass is 10.1. The molecule has 3 rings (SSSR count). The smallest absolute Gasteiger partial charge is 0.140 e. The third-order valence-corrected chi connectivity index (χ3v) is 3.78. The molecule has 1 fully saturated rings. The van der Waals surface area contributed by atoms with Crippen molar-refractivity contribution in [3.8, 4) is 0 Å². The highest BCUT2D eigenvalue weighted by molar-refractivity contribution is 6.03. The Bertz CT molecular complexity index is 649. The van der Waals surface area contributed by atoms with Crippen LogP contribution in [0.2, 0.25) is 0 Å². The molecule has 1 atom stereocenters. The van der Waals surface area contributed by atoms with Gasteiger partial charge in [-0.2, -0.15) is 0 Å². The molecule has 104 valence electrons. The number of pyridine rings is 1. The zero-order chi connectivity index (χ0) is 14.1. The first-order chi connectivity index (χ1) is 9.66. The summed E-state index contributed by atoms with van der Waals surface area (Å²) in [4.78, 5) is 6.77. The Morgan fingerprint density at radius 2 is 2.25 bits per heavy atom. The number of nitrogens with zero attached hydrogens (tertiary/aromatic N) is 2. The summed E-state index contributed by atoms with van der Waals surface area (Å²) < 4.78 is 5.43. The molecule has 5 heteroatoms. The largest absolute Gasteiger partial charge is 0.384 e. The van der Waals surface area contributed by atoms with Gasteiger partial charge in [-0.15, -0.1) is 0 Å². The minimum atomic E-state index is 0.0454. The van der Waals surface area contributed by atoms with Crippen molar-refractivity contribution in [2.24, 2.45) is 5.73 Å². The van der Waals surface area contributed by atoms with Crippen molar-refractivity contribution in [3.63, 3.8) is 0 Å². The number of para-hydroxylation sites is 1. The monoisotopic (exact) mass is 270 g/mol. The Morgan fingerprint density at radius 3 is 2.95 bits per heavy atom. The molecule has 0 aliphatic carbocycles. The molecule has 0 radical (unpaired) electrons. The van der Waals surface area contributed by atoms with Crippen molar-refractivity contribution in [2.75, 3.05) is 25.2 Å². The van der Waals surface area contributed by atoms with Crippen molar-refractivity contribution in [2.45, 2.75) is 12.5 Å². The number of amidine groups is 1. The molecule has 1 unspecified atom stereocenters. The lowest BCUT2D eigenvalue weighted by Gasteiger charge is -2.26. The first-order valence-electron chi connectivity index (χ1n) is 6.71. The molecule has 2 heterocycles. The van der Waals surface area contributed by atoms with Crippen LogP contribution in [-0.4, -0.2) is 37.1 Å². The van der Waals surface area contributed by atoms with Crippen LogP contribution >= 0.6 is 0 Å². The average molecular weight is 270 g/mol. The molecule has 20 heavy (non-hydrogen) atoms. The number of benzene rings is 1. The molecule has 0 amide bonds. The van der Waals surface area contributed by atoms with Crippen LogP contribution in [0.15, 0.2) is 30.3 Å². The zero-order valence-corrected chi connectivity index (χ0v) is 11.5. The maximum absolute atomic E-state index is 7.80. The van der Waals surface area contributed by atoms with Crippen LogP contribution < -0.4 is 10.6 Å². The maximum Gasteiger partial charge on any atom is 0.140 e. The quantitative estimate of drug-likeness (QED) is 0.658. The van der Waals surface area contributed by atoms with E-state index in [1.807, 2.05) is 37.4 Å². The summed E-state index contributed by atoms with van der Waals surface area (Å²) >= 11 is 0. The molecule has 1 saturated heterocycles. The Kier molecular flexibility index (Phi) is 3.28. The van der Waals surface area contributed by atoms with Gasteiger partial charge in [-0.3, -0.25) is 5.41 Å². The van der Waals surface area contributed by atoms with E-state index in [1.54, 1.807) is 0 Å². The van der Waals surface area contributed by atoms with E-state index in [-0.39, 0.29) is 5.84 Å². The fourth-order valence-corrected chi connectivity index (χ4v) is 2.57. The number of aromatic nitrogens is 1. The molecule has 0 spiro atoms. The number of hydrogen-bond donors (Lipinski definition) is 2. The van der Waals surface area contributed by atoms with Crippen molar-refractivity contribution in [1.82, 2.24) is 4.98 Å². The highest BCUT2D eigenvalue weighted by Gasteiger charge is 2.24. The summed E-state index contributed by atoms with van der Waals surface area (Å²) in [7, 11) is 1.99. The number of fused-ring (bicyclic) bond motifs is 1. The third kappa shape index (κ3) is 2.20. The van der Waals surface area contributed by atoms with E-state index in [4.69, 9.17) is 20.9 Å². The molecule has 5 nitrogen and oxygen atoms in total. The van der Waals surface area contributed by atoms with E-state index < -0.39 is 0 Å². The predicted molar refractivity (Wildman–Crippen MR) is 80.4 cm³/mol. The standard InChI is InChI=1S/C15H18N4O/c1-19(11-6-7-20-9-11)15-12(14(16)17)8-10-4-2-3-5-13(10)18-15/h2-5,8,11H,6-7,9H2,1H3,(H3,16,17). The number of anilines is 1. The number of likely N-dealkylation sites (N-methyl/N-ethyl adjacent to an activating group) is 1. The van der Waals surface area contributed by atoms with Crippen molar-refractivity contribution >= 4 is 22.6 Å². The number of hydrogen-bond acceptors (Lipinski definition) is 4. The van der Waals surface area contributed by atoms with Gasteiger partial charge in [-0.05, 0) is 18.6 Å². The Balaban J connectivity index is 2.11. The van der Waals surface area contributed by atoms with Crippen LogP contribution in [0.4, 0.5) is 5.82 Å². The zero-order valence-electron chi connectivity index (χ0n) is 11.5. The topological polar surface area (TPSA) is 75.2 Å². The first kappa shape index (κ1) is 12.9. The van der Waals surface area contributed by atoms with Crippen LogP contribution in [0.25, 0.3) is 10.9 Å². The summed E-state index contributed by atoms with van der Waals surface area (Å²) in [5.41, 5.74) is 7.32.